The second-order valence-electron chi connectivity index (χ2n) is 12.0. The van der Waals surface area contributed by atoms with Crippen LogP contribution in [0.5, 0.6) is 5.75 Å². The highest BCUT2D eigenvalue weighted by Crippen LogP contribution is 2.47. The molecular formula is C41H31N5OS. The molecule has 6 nitrogen and oxygen atoms in total. The van der Waals surface area contributed by atoms with Gasteiger partial charge in [0, 0.05) is 66.8 Å². The normalized spacial score (nSPS) is 17.5. The van der Waals surface area contributed by atoms with E-state index in [4.69, 9.17) is 19.7 Å². The lowest BCUT2D eigenvalue weighted by molar-refractivity contribution is 0.356. The fourth-order valence-electron chi connectivity index (χ4n) is 7.21. The van der Waals surface area contributed by atoms with Crippen molar-refractivity contribution in [2.45, 2.75) is 19.8 Å². The van der Waals surface area contributed by atoms with Crippen molar-refractivity contribution in [3.8, 4) is 5.75 Å². The quantitative estimate of drug-likeness (QED) is 0.179. The smallest absolute Gasteiger partial charge is 0.141 e. The standard InChI is InChI=1S/C41H31N5OS/c1-4-6-11-26(5-2)45-30-18-16-28-29-17-19-31-36(41(29)48-40(28)35(30)38-32(45)13-7-20-43-38)39-33(14-8-21-44-39)46(31)27-12-10-23-47-34-15-9-22-42-37(34)25(3)24-27/h4-22,24-25H,2,23H2,1,3H3/b6-4-,12-10-,26-11+,27-24+/t25-/m0/s1. The lowest BCUT2D eigenvalue weighted by atomic mass is 10.0. The molecule has 0 fully saturated rings. The number of hydrogen-bond acceptors (Lipinski definition) is 5. The minimum Gasteiger partial charge on any atom is -0.488 e. The van der Waals surface area contributed by atoms with Gasteiger partial charge in [0.1, 0.15) is 12.4 Å². The maximum atomic E-state index is 6.10. The van der Waals surface area contributed by atoms with Gasteiger partial charge in [-0.05, 0) is 79.8 Å². The Kier molecular flexibility index (Phi) is 6.62. The number of thiophene rings is 1. The number of fused-ring (bicyclic) bond motifs is 12. The summed E-state index contributed by atoms with van der Waals surface area (Å²) in [6, 6.07) is 21.3. The fraction of sp³-hybridized carbons (Fsp3) is 0.0976. The Morgan fingerprint density at radius 1 is 0.854 bits per heavy atom. The van der Waals surface area contributed by atoms with Crippen LogP contribution in [0.25, 0.3) is 75.4 Å². The van der Waals surface area contributed by atoms with E-state index in [1.165, 1.54) is 20.2 Å². The molecule has 0 aliphatic carbocycles. The number of ether oxygens (including phenoxy) is 1. The summed E-state index contributed by atoms with van der Waals surface area (Å²) in [5.74, 6) is 0.860. The van der Waals surface area contributed by atoms with Gasteiger partial charge < -0.3 is 13.9 Å². The summed E-state index contributed by atoms with van der Waals surface area (Å²) >= 11 is 1.83. The van der Waals surface area contributed by atoms with Gasteiger partial charge in [0.2, 0.25) is 0 Å². The number of nitrogens with zero attached hydrogens (tertiary/aromatic N) is 5. The summed E-state index contributed by atoms with van der Waals surface area (Å²) in [6.07, 6.45) is 20.2. The van der Waals surface area contributed by atoms with Crippen molar-refractivity contribution in [1.29, 1.82) is 0 Å². The molecule has 8 aromatic rings. The van der Waals surface area contributed by atoms with Gasteiger partial charge in [-0.1, -0.05) is 43.9 Å². The summed E-state index contributed by atoms with van der Waals surface area (Å²) in [4.78, 5) is 14.6. The first kappa shape index (κ1) is 28.4. The van der Waals surface area contributed by atoms with E-state index < -0.39 is 0 Å². The van der Waals surface area contributed by atoms with E-state index in [9.17, 15) is 0 Å². The number of aromatic nitrogens is 5. The van der Waals surface area contributed by atoms with Gasteiger partial charge in [0.25, 0.3) is 0 Å². The molecule has 0 unspecified atom stereocenters. The van der Waals surface area contributed by atoms with Gasteiger partial charge in [0.05, 0.1) is 38.8 Å². The molecule has 6 aromatic heterocycles. The summed E-state index contributed by atoms with van der Waals surface area (Å²) < 4.78 is 13.2. The van der Waals surface area contributed by atoms with Crippen LogP contribution in [0.1, 0.15) is 25.5 Å². The second-order valence-corrected chi connectivity index (χ2v) is 13.0. The third kappa shape index (κ3) is 4.14. The van der Waals surface area contributed by atoms with Crippen molar-refractivity contribution in [3.63, 3.8) is 0 Å². The van der Waals surface area contributed by atoms with Crippen LogP contribution in [0, 0.1) is 0 Å². The first-order valence-corrected chi connectivity index (χ1v) is 16.9. The molecule has 1 aliphatic heterocycles. The molecule has 0 N–H and O–H groups in total. The number of benzene rings is 2. The van der Waals surface area contributed by atoms with Gasteiger partial charge in [-0.3, -0.25) is 15.0 Å². The molecule has 0 bridgehead atoms. The molecule has 48 heavy (non-hydrogen) atoms. The minimum atomic E-state index is 0.0385. The molecule has 9 rings (SSSR count). The van der Waals surface area contributed by atoms with E-state index >= 15 is 0 Å². The molecule has 1 aliphatic rings. The molecule has 0 saturated carbocycles. The van der Waals surface area contributed by atoms with Crippen LogP contribution in [0.2, 0.25) is 0 Å². The zero-order valence-electron chi connectivity index (χ0n) is 26.6. The van der Waals surface area contributed by atoms with Crippen LogP contribution < -0.4 is 4.74 Å². The zero-order valence-corrected chi connectivity index (χ0v) is 27.4. The average Bonchev–Trinajstić information content (AvgIpc) is 3.79. The highest BCUT2D eigenvalue weighted by molar-refractivity contribution is 7.27. The van der Waals surface area contributed by atoms with Crippen LogP contribution >= 0.6 is 11.3 Å². The van der Waals surface area contributed by atoms with Crippen LogP contribution in [-0.4, -0.2) is 30.7 Å². The Labute approximate surface area is 280 Å². The van der Waals surface area contributed by atoms with Crippen LogP contribution in [-0.2, 0) is 0 Å². The van der Waals surface area contributed by atoms with E-state index in [1.54, 1.807) is 0 Å². The SMILES string of the molecule is C=C/C(=C\C=C/C)n1c2cccnc2c2c3sc4c(ccc5c4c4ncccc4n5C4=C/[C@H](C)c5ncccc5OC/C=C\4)c3ccc21. The van der Waals surface area contributed by atoms with Crippen LogP contribution in [0.4, 0.5) is 0 Å². The first-order chi connectivity index (χ1) is 23.7. The number of rotatable bonds is 4. The van der Waals surface area contributed by atoms with Crippen molar-refractivity contribution in [2.75, 3.05) is 6.61 Å². The van der Waals surface area contributed by atoms with Crippen LogP contribution in [0.3, 0.4) is 0 Å². The largest absolute Gasteiger partial charge is 0.488 e. The molecule has 0 saturated heterocycles. The highest BCUT2D eigenvalue weighted by Gasteiger charge is 2.23. The zero-order chi connectivity index (χ0) is 32.4. The Hall–Kier alpha value is -5.79. The fourth-order valence-corrected chi connectivity index (χ4v) is 8.60. The Bertz CT molecular complexity index is 2730. The number of pyridine rings is 3. The third-order valence-corrected chi connectivity index (χ3v) is 10.5. The highest BCUT2D eigenvalue weighted by atomic mass is 32.1. The van der Waals surface area contributed by atoms with Gasteiger partial charge in [-0.15, -0.1) is 11.3 Å². The first-order valence-electron chi connectivity index (χ1n) is 16.1. The minimum absolute atomic E-state index is 0.0385. The Morgan fingerprint density at radius 3 is 2.31 bits per heavy atom. The Morgan fingerprint density at radius 2 is 1.54 bits per heavy atom. The second kappa shape index (κ2) is 11.2. The van der Waals surface area contributed by atoms with Crippen molar-refractivity contribution in [1.82, 2.24) is 24.1 Å². The van der Waals surface area contributed by atoms with Crippen molar-refractivity contribution in [3.05, 3.63) is 134 Å². The monoisotopic (exact) mass is 641 g/mol. The van der Waals surface area contributed by atoms with E-state index in [0.29, 0.717) is 6.61 Å². The predicted molar refractivity (Wildman–Crippen MR) is 202 cm³/mol. The van der Waals surface area contributed by atoms with E-state index in [1.807, 2.05) is 79.3 Å². The van der Waals surface area contributed by atoms with Gasteiger partial charge >= 0.3 is 0 Å². The molecule has 1 atom stereocenters. The molecule has 7 heteroatoms. The number of hydrogen-bond donors (Lipinski definition) is 0. The average molecular weight is 642 g/mol. The molecule has 7 heterocycles. The molecular weight excluding hydrogens is 611 g/mol. The molecule has 232 valence electrons. The van der Waals surface area contributed by atoms with Gasteiger partial charge in [-0.25, -0.2) is 0 Å². The molecule has 0 spiro atoms. The maximum absolute atomic E-state index is 6.10. The van der Waals surface area contributed by atoms with Gasteiger partial charge in [-0.2, -0.15) is 0 Å². The number of allylic oxidation sites excluding steroid dienone is 8. The van der Waals surface area contributed by atoms with E-state index in [-0.39, 0.29) is 5.92 Å². The van der Waals surface area contributed by atoms with E-state index in [2.05, 4.69) is 83.3 Å². The summed E-state index contributed by atoms with van der Waals surface area (Å²) in [5, 5.41) is 4.76. The molecule has 0 amide bonds. The summed E-state index contributed by atoms with van der Waals surface area (Å²) in [6.45, 7) is 8.81. The Balaban J connectivity index is 1.36. The summed E-state index contributed by atoms with van der Waals surface area (Å²) in [5.41, 5.74) is 9.33. The maximum Gasteiger partial charge on any atom is 0.141 e. The van der Waals surface area contributed by atoms with Crippen molar-refractivity contribution >= 4 is 86.8 Å². The third-order valence-electron chi connectivity index (χ3n) is 9.24. The lowest BCUT2D eigenvalue weighted by Gasteiger charge is -2.13. The van der Waals surface area contributed by atoms with Crippen LogP contribution in [0.15, 0.2) is 128 Å². The molecule has 0 radical (unpaired) electrons. The van der Waals surface area contributed by atoms with Crippen molar-refractivity contribution in [2.24, 2.45) is 0 Å². The van der Waals surface area contributed by atoms with Gasteiger partial charge in [0.15, 0.2) is 0 Å². The van der Waals surface area contributed by atoms with Crippen molar-refractivity contribution < 1.29 is 4.74 Å². The topological polar surface area (TPSA) is 57.8 Å². The van der Waals surface area contributed by atoms with E-state index in [0.717, 1.165) is 66.7 Å². The predicted octanol–water partition coefficient (Wildman–Crippen LogP) is 10.7. The summed E-state index contributed by atoms with van der Waals surface area (Å²) in [7, 11) is 0. The molecule has 2 aromatic carbocycles. The lowest BCUT2D eigenvalue weighted by Crippen LogP contribution is -2.01.